The Kier molecular flexibility index (Phi) is 2.29. The minimum absolute atomic E-state index is 0.213. The molecule has 1 amide bonds. The third kappa shape index (κ3) is 1.86. The van der Waals surface area contributed by atoms with Gasteiger partial charge in [-0.2, -0.15) is 0 Å². The number of carbonyl (C=O) groups is 1. The van der Waals surface area contributed by atoms with E-state index in [4.69, 9.17) is 0 Å². The van der Waals surface area contributed by atoms with Crippen LogP contribution in [0.1, 0.15) is 48.5 Å². The van der Waals surface area contributed by atoms with Crippen molar-refractivity contribution in [3.8, 4) is 0 Å². The van der Waals surface area contributed by atoms with Crippen molar-refractivity contribution in [1.29, 1.82) is 0 Å². The number of benzene rings is 1. The van der Waals surface area contributed by atoms with E-state index in [1.54, 1.807) is 0 Å². The van der Waals surface area contributed by atoms with Crippen molar-refractivity contribution in [3.05, 3.63) is 35.4 Å². The molecule has 1 aromatic carbocycles. The molecule has 1 aliphatic carbocycles. The van der Waals surface area contributed by atoms with Gasteiger partial charge in [0.25, 0.3) is 5.91 Å². The molecule has 0 bridgehead atoms. The topological polar surface area (TPSA) is 20.3 Å². The van der Waals surface area contributed by atoms with Gasteiger partial charge in [0.05, 0.1) is 0 Å². The molecule has 1 aromatic rings. The van der Waals surface area contributed by atoms with Gasteiger partial charge < -0.3 is 4.90 Å². The van der Waals surface area contributed by atoms with E-state index in [0.29, 0.717) is 11.3 Å². The quantitative estimate of drug-likeness (QED) is 0.763. The van der Waals surface area contributed by atoms with Crippen LogP contribution >= 0.6 is 0 Å². The van der Waals surface area contributed by atoms with E-state index in [-0.39, 0.29) is 5.91 Å². The Labute approximate surface area is 103 Å². The molecule has 0 unspecified atom stereocenters. The monoisotopic (exact) mass is 229 g/mol. The smallest absolute Gasteiger partial charge is 0.253 e. The van der Waals surface area contributed by atoms with Gasteiger partial charge in [-0.25, -0.2) is 0 Å². The summed E-state index contributed by atoms with van der Waals surface area (Å²) in [4.78, 5) is 14.2. The van der Waals surface area contributed by atoms with Gasteiger partial charge in [0.2, 0.25) is 0 Å². The zero-order valence-corrected chi connectivity index (χ0v) is 10.6. The molecule has 3 rings (SSSR count). The maximum atomic E-state index is 12.2. The molecule has 0 N–H and O–H groups in total. The lowest BCUT2D eigenvalue weighted by atomic mass is 9.94. The number of hydrogen-bond acceptors (Lipinski definition) is 1. The first-order chi connectivity index (χ1) is 8.10. The average molecular weight is 229 g/mol. The second-order valence-electron chi connectivity index (χ2n) is 5.94. The van der Waals surface area contributed by atoms with E-state index in [1.807, 2.05) is 23.1 Å². The first-order valence-electron chi connectivity index (χ1n) is 6.49. The van der Waals surface area contributed by atoms with E-state index in [2.05, 4.69) is 19.9 Å². The molecule has 1 spiro atoms. The fraction of sp³-hybridized carbons (Fsp3) is 0.533. The molecular formula is C15H19NO. The molecule has 17 heavy (non-hydrogen) atoms. The Bertz CT molecular complexity index is 452. The van der Waals surface area contributed by atoms with E-state index in [1.165, 1.54) is 18.4 Å². The van der Waals surface area contributed by atoms with Gasteiger partial charge in [-0.15, -0.1) is 0 Å². The van der Waals surface area contributed by atoms with Gasteiger partial charge in [-0.3, -0.25) is 4.79 Å². The van der Waals surface area contributed by atoms with Crippen LogP contribution in [-0.2, 0) is 0 Å². The summed E-state index contributed by atoms with van der Waals surface area (Å²) in [7, 11) is 0. The number of amides is 1. The van der Waals surface area contributed by atoms with Crippen molar-refractivity contribution in [2.75, 3.05) is 13.1 Å². The number of likely N-dealkylation sites (tertiary alicyclic amines) is 1. The lowest BCUT2D eigenvalue weighted by Gasteiger charge is -2.40. The van der Waals surface area contributed by atoms with Gasteiger partial charge in [0, 0.05) is 24.1 Å². The van der Waals surface area contributed by atoms with E-state index in [0.717, 1.165) is 18.7 Å². The number of rotatable bonds is 2. The Morgan fingerprint density at radius 2 is 2.00 bits per heavy atom. The molecular weight excluding hydrogens is 210 g/mol. The highest BCUT2D eigenvalue weighted by atomic mass is 16.2. The Morgan fingerprint density at radius 1 is 1.29 bits per heavy atom. The molecule has 2 heteroatoms. The second kappa shape index (κ2) is 3.59. The van der Waals surface area contributed by atoms with Crippen molar-refractivity contribution in [2.45, 2.75) is 32.6 Å². The lowest BCUT2D eigenvalue weighted by molar-refractivity contribution is 0.0443. The molecule has 1 aliphatic heterocycles. The van der Waals surface area contributed by atoms with Crippen LogP contribution in [0.3, 0.4) is 0 Å². The Hall–Kier alpha value is -1.31. The van der Waals surface area contributed by atoms with Crippen molar-refractivity contribution in [3.63, 3.8) is 0 Å². The van der Waals surface area contributed by atoms with Crippen LogP contribution in [0.2, 0.25) is 0 Å². The molecule has 0 radical (unpaired) electrons. The number of carbonyl (C=O) groups excluding carboxylic acids is 1. The van der Waals surface area contributed by atoms with Crippen LogP contribution in [0.25, 0.3) is 0 Å². The third-order valence-electron chi connectivity index (χ3n) is 4.10. The minimum Gasteiger partial charge on any atom is -0.337 e. The van der Waals surface area contributed by atoms with Crippen molar-refractivity contribution in [1.82, 2.24) is 4.90 Å². The van der Waals surface area contributed by atoms with Crippen molar-refractivity contribution in [2.24, 2.45) is 5.41 Å². The molecule has 2 fully saturated rings. The normalized spacial score (nSPS) is 20.5. The molecule has 1 saturated carbocycles. The van der Waals surface area contributed by atoms with Crippen molar-refractivity contribution < 1.29 is 4.79 Å². The fourth-order valence-corrected chi connectivity index (χ4v) is 2.61. The predicted molar refractivity (Wildman–Crippen MR) is 68.1 cm³/mol. The fourth-order valence-electron chi connectivity index (χ4n) is 2.61. The zero-order chi connectivity index (χ0) is 12.0. The summed E-state index contributed by atoms with van der Waals surface area (Å²) < 4.78 is 0. The summed E-state index contributed by atoms with van der Waals surface area (Å²) in [5, 5.41) is 0. The van der Waals surface area contributed by atoms with Crippen LogP contribution in [0.15, 0.2) is 24.3 Å². The van der Waals surface area contributed by atoms with E-state index < -0.39 is 0 Å². The van der Waals surface area contributed by atoms with Crippen LogP contribution in [0.5, 0.6) is 0 Å². The highest BCUT2D eigenvalue weighted by molar-refractivity contribution is 5.95. The summed E-state index contributed by atoms with van der Waals surface area (Å²) in [5.74, 6) is 0.693. The Balaban J connectivity index is 1.74. The van der Waals surface area contributed by atoms with E-state index >= 15 is 0 Å². The first-order valence-corrected chi connectivity index (χ1v) is 6.49. The van der Waals surface area contributed by atoms with Crippen LogP contribution in [-0.4, -0.2) is 23.9 Å². The van der Waals surface area contributed by atoms with Gasteiger partial charge in [0.1, 0.15) is 0 Å². The zero-order valence-electron chi connectivity index (χ0n) is 10.6. The first kappa shape index (κ1) is 10.8. The highest BCUT2D eigenvalue weighted by Gasteiger charge is 2.53. The molecule has 0 atom stereocenters. The number of nitrogens with zero attached hydrogens (tertiary/aromatic N) is 1. The third-order valence-corrected chi connectivity index (χ3v) is 4.10. The van der Waals surface area contributed by atoms with Gasteiger partial charge in [-0.05, 0) is 36.5 Å². The summed E-state index contributed by atoms with van der Waals surface area (Å²) in [6, 6.07) is 8.08. The molecule has 90 valence electrons. The summed E-state index contributed by atoms with van der Waals surface area (Å²) >= 11 is 0. The molecule has 0 aromatic heterocycles. The predicted octanol–water partition coefficient (Wildman–Crippen LogP) is 3.05. The lowest BCUT2D eigenvalue weighted by Crippen LogP contribution is -2.51. The highest BCUT2D eigenvalue weighted by Crippen LogP contribution is 2.53. The van der Waals surface area contributed by atoms with Gasteiger partial charge in [0.15, 0.2) is 0 Å². The summed E-state index contributed by atoms with van der Waals surface area (Å²) in [6.07, 6.45) is 2.64. The van der Waals surface area contributed by atoms with Gasteiger partial charge in [-0.1, -0.05) is 26.0 Å². The maximum Gasteiger partial charge on any atom is 0.253 e. The summed E-state index contributed by atoms with van der Waals surface area (Å²) in [5.41, 5.74) is 2.65. The van der Waals surface area contributed by atoms with Gasteiger partial charge >= 0.3 is 0 Å². The minimum atomic E-state index is 0.213. The Morgan fingerprint density at radius 3 is 2.59 bits per heavy atom. The van der Waals surface area contributed by atoms with E-state index in [9.17, 15) is 4.79 Å². The SMILES string of the molecule is CC(C)c1cccc(C(=O)N2CC3(CC3)C2)c1. The molecule has 1 saturated heterocycles. The average Bonchev–Trinajstić information content (AvgIpc) is 3.06. The van der Waals surface area contributed by atoms with Crippen LogP contribution in [0, 0.1) is 5.41 Å². The van der Waals surface area contributed by atoms with Crippen LogP contribution < -0.4 is 0 Å². The largest absolute Gasteiger partial charge is 0.337 e. The maximum absolute atomic E-state index is 12.2. The molecule has 1 heterocycles. The standard InChI is InChI=1S/C15H19NO/c1-11(2)12-4-3-5-13(8-12)14(17)16-9-15(10-16)6-7-15/h3-5,8,11H,6-7,9-10H2,1-2H3. The van der Waals surface area contributed by atoms with Crippen molar-refractivity contribution >= 4 is 5.91 Å². The van der Waals surface area contributed by atoms with Crippen LogP contribution in [0.4, 0.5) is 0 Å². The molecule has 2 aliphatic rings. The molecule has 2 nitrogen and oxygen atoms in total. The number of hydrogen-bond donors (Lipinski definition) is 0. The summed E-state index contributed by atoms with van der Waals surface area (Å²) in [6.45, 7) is 6.29. The second-order valence-corrected chi connectivity index (χ2v) is 5.94.